The molecular formula is C29H32N2O5. The number of unbranched alkanes of at least 4 members (excludes halogenated alkanes) is 5. The smallest absolute Gasteiger partial charge is 0.415 e. The lowest BCUT2D eigenvalue weighted by Crippen LogP contribution is -2.28. The maximum atomic E-state index is 11.4. The molecule has 1 aliphatic rings. The van der Waals surface area contributed by atoms with Gasteiger partial charge in [0.2, 0.25) is 5.89 Å². The van der Waals surface area contributed by atoms with Gasteiger partial charge in [0.05, 0.1) is 0 Å². The Bertz CT molecular complexity index is 1140. The number of amides is 1. The molecule has 3 aromatic rings. The van der Waals surface area contributed by atoms with Gasteiger partial charge in [0.1, 0.15) is 30.4 Å². The summed E-state index contributed by atoms with van der Waals surface area (Å²) in [5.74, 6) is 0.918. The standard InChI is InChI=1S/C29H32N2O5/c32-28-26(31-29(33)36-28)13-9-4-2-1-3-6-12-23-14-17-25(18-15-23)34-20-24-21-35-27(30-24)19-16-22-10-7-5-8-11-22/h5,7-8,10-11,14-19,21,26H,1-4,6,9,12-13,20H2,(H,31,33). The van der Waals surface area contributed by atoms with Crippen molar-refractivity contribution in [3.63, 3.8) is 0 Å². The summed E-state index contributed by atoms with van der Waals surface area (Å²) in [6.07, 6.45) is 13.1. The van der Waals surface area contributed by atoms with E-state index >= 15 is 0 Å². The zero-order valence-corrected chi connectivity index (χ0v) is 20.4. The molecule has 2 heterocycles. The third kappa shape index (κ3) is 8.12. The van der Waals surface area contributed by atoms with Crippen molar-refractivity contribution in [1.82, 2.24) is 10.3 Å². The highest BCUT2D eigenvalue weighted by Gasteiger charge is 2.31. The van der Waals surface area contributed by atoms with Crippen LogP contribution >= 0.6 is 0 Å². The van der Waals surface area contributed by atoms with Gasteiger partial charge in [-0.1, -0.05) is 74.6 Å². The molecule has 2 aromatic carbocycles. The second-order valence-electron chi connectivity index (χ2n) is 8.92. The number of alkyl carbamates (subject to hydrolysis) is 1. The molecule has 0 bridgehead atoms. The lowest BCUT2D eigenvalue weighted by atomic mass is 10.0. The molecule has 1 unspecified atom stereocenters. The molecule has 7 nitrogen and oxygen atoms in total. The van der Waals surface area contributed by atoms with E-state index in [-0.39, 0.29) is 0 Å². The summed E-state index contributed by atoms with van der Waals surface area (Å²) in [6.45, 7) is 0.357. The first-order valence-electron chi connectivity index (χ1n) is 12.6. The molecular weight excluding hydrogens is 456 g/mol. The third-order valence-electron chi connectivity index (χ3n) is 6.08. The molecule has 1 aliphatic heterocycles. The highest BCUT2D eigenvalue weighted by Crippen LogP contribution is 2.18. The predicted molar refractivity (Wildman–Crippen MR) is 137 cm³/mol. The van der Waals surface area contributed by atoms with E-state index in [4.69, 9.17) is 9.15 Å². The van der Waals surface area contributed by atoms with E-state index in [0.29, 0.717) is 18.9 Å². The van der Waals surface area contributed by atoms with Crippen LogP contribution < -0.4 is 10.1 Å². The largest absolute Gasteiger partial charge is 0.487 e. The lowest BCUT2D eigenvalue weighted by molar-refractivity contribution is -0.135. The summed E-state index contributed by atoms with van der Waals surface area (Å²) in [4.78, 5) is 26.8. The van der Waals surface area contributed by atoms with E-state index in [1.54, 1.807) is 6.26 Å². The van der Waals surface area contributed by atoms with Crippen molar-refractivity contribution in [3.8, 4) is 5.75 Å². The fourth-order valence-electron chi connectivity index (χ4n) is 4.07. The molecule has 0 spiro atoms. The number of aryl methyl sites for hydroxylation is 1. The average molecular weight is 489 g/mol. The van der Waals surface area contributed by atoms with Crippen molar-refractivity contribution in [2.45, 2.75) is 64.0 Å². The summed E-state index contributed by atoms with van der Waals surface area (Å²) in [5, 5.41) is 2.53. The predicted octanol–water partition coefficient (Wildman–Crippen LogP) is 6.33. The number of carbonyl (C=O) groups is 2. The van der Waals surface area contributed by atoms with Gasteiger partial charge in [-0.05, 0) is 48.6 Å². The zero-order valence-electron chi connectivity index (χ0n) is 20.4. The molecule has 1 saturated heterocycles. The minimum Gasteiger partial charge on any atom is -0.487 e. The van der Waals surface area contributed by atoms with Crippen LogP contribution in [0.25, 0.3) is 12.2 Å². The molecule has 4 rings (SSSR count). The van der Waals surface area contributed by atoms with Crippen LogP contribution in [0.3, 0.4) is 0 Å². The second kappa shape index (κ2) is 13.3. The maximum Gasteiger partial charge on any atom is 0.415 e. The Balaban J connectivity index is 1.07. The summed E-state index contributed by atoms with van der Waals surface area (Å²) < 4.78 is 15.8. The van der Waals surface area contributed by atoms with Crippen molar-refractivity contribution >= 4 is 24.2 Å². The Morgan fingerprint density at radius 3 is 2.39 bits per heavy atom. The van der Waals surface area contributed by atoms with Gasteiger partial charge < -0.3 is 19.2 Å². The second-order valence-corrected chi connectivity index (χ2v) is 8.92. The monoisotopic (exact) mass is 488 g/mol. The Morgan fingerprint density at radius 1 is 0.889 bits per heavy atom. The number of nitrogens with zero attached hydrogens (tertiary/aromatic N) is 1. The highest BCUT2D eigenvalue weighted by atomic mass is 16.6. The maximum absolute atomic E-state index is 11.4. The molecule has 0 aliphatic carbocycles. The first-order chi connectivity index (χ1) is 17.7. The number of oxazole rings is 1. The van der Waals surface area contributed by atoms with Crippen molar-refractivity contribution in [2.24, 2.45) is 0 Å². The molecule has 1 fully saturated rings. The molecule has 1 amide bonds. The van der Waals surface area contributed by atoms with Gasteiger partial charge in [-0.25, -0.2) is 14.6 Å². The Labute approximate surface area is 211 Å². The van der Waals surface area contributed by atoms with Gasteiger partial charge in [0, 0.05) is 6.08 Å². The highest BCUT2D eigenvalue weighted by molar-refractivity contribution is 5.95. The summed E-state index contributed by atoms with van der Waals surface area (Å²) >= 11 is 0. The van der Waals surface area contributed by atoms with Crippen LogP contribution in [0.1, 0.15) is 67.7 Å². The molecule has 1 N–H and O–H groups in total. The number of hydrogen-bond donors (Lipinski definition) is 1. The molecule has 0 radical (unpaired) electrons. The number of nitrogens with one attached hydrogen (secondary N) is 1. The number of aromatic nitrogens is 1. The van der Waals surface area contributed by atoms with Crippen LogP contribution in [0.4, 0.5) is 4.79 Å². The number of carbonyl (C=O) groups excluding carboxylic acids is 2. The molecule has 188 valence electrons. The van der Waals surface area contributed by atoms with Crippen molar-refractivity contribution in [3.05, 3.63) is 83.6 Å². The van der Waals surface area contributed by atoms with E-state index in [1.165, 1.54) is 18.4 Å². The van der Waals surface area contributed by atoms with Crippen LogP contribution in [-0.4, -0.2) is 23.1 Å². The molecule has 0 saturated carbocycles. The van der Waals surface area contributed by atoms with Gasteiger partial charge in [-0.2, -0.15) is 0 Å². The lowest BCUT2D eigenvalue weighted by Gasteiger charge is -2.07. The number of ether oxygens (including phenoxy) is 2. The number of hydrogen-bond acceptors (Lipinski definition) is 6. The Kier molecular flexibility index (Phi) is 9.31. The number of cyclic esters (lactones) is 2. The first kappa shape index (κ1) is 25.2. The Morgan fingerprint density at radius 2 is 1.64 bits per heavy atom. The van der Waals surface area contributed by atoms with E-state index in [2.05, 4.69) is 27.2 Å². The van der Waals surface area contributed by atoms with Gasteiger partial charge in [0.15, 0.2) is 0 Å². The number of esters is 1. The van der Waals surface area contributed by atoms with Gasteiger partial charge in [-0.15, -0.1) is 0 Å². The summed E-state index contributed by atoms with van der Waals surface area (Å²) in [7, 11) is 0. The SMILES string of the molecule is O=C1NC(CCCCCCCCc2ccc(OCc3coc(C=Cc4ccccc4)n3)cc2)C(=O)O1. The van der Waals surface area contributed by atoms with Crippen LogP contribution in [0, 0.1) is 0 Å². The number of rotatable bonds is 14. The first-order valence-corrected chi connectivity index (χ1v) is 12.6. The minimum atomic E-state index is -0.624. The summed E-state index contributed by atoms with van der Waals surface area (Å²) in [6, 6.07) is 17.8. The number of benzene rings is 2. The quantitative estimate of drug-likeness (QED) is 0.162. The van der Waals surface area contributed by atoms with E-state index in [1.807, 2.05) is 54.6 Å². The van der Waals surface area contributed by atoms with Crippen LogP contribution in [0.5, 0.6) is 5.75 Å². The van der Waals surface area contributed by atoms with Crippen LogP contribution in [0.2, 0.25) is 0 Å². The van der Waals surface area contributed by atoms with E-state index in [9.17, 15) is 9.59 Å². The zero-order chi connectivity index (χ0) is 25.0. The minimum absolute atomic E-state index is 0.357. The fourth-order valence-corrected chi connectivity index (χ4v) is 4.07. The van der Waals surface area contributed by atoms with E-state index < -0.39 is 18.1 Å². The molecule has 7 heteroatoms. The van der Waals surface area contributed by atoms with Crippen LogP contribution in [-0.2, 0) is 22.6 Å². The van der Waals surface area contributed by atoms with Crippen molar-refractivity contribution < 1.29 is 23.5 Å². The van der Waals surface area contributed by atoms with Gasteiger partial charge in [-0.3, -0.25) is 0 Å². The molecule has 1 atom stereocenters. The fraction of sp³-hybridized carbons (Fsp3) is 0.345. The van der Waals surface area contributed by atoms with Crippen molar-refractivity contribution in [2.75, 3.05) is 0 Å². The molecule has 36 heavy (non-hydrogen) atoms. The van der Waals surface area contributed by atoms with Crippen molar-refractivity contribution in [1.29, 1.82) is 0 Å². The average Bonchev–Trinajstić information content (AvgIpc) is 3.49. The Hall–Kier alpha value is -3.87. The van der Waals surface area contributed by atoms with Gasteiger partial charge in [0.25, 0.3) is 0 Å². The topological polar surface area (TPSA) is 90.7 Å². The van der Waals surface area contributed by atoms with E-state index in [0.717, 1.165) is 49.1 Å². The normalized spacial score (nSPS) is 15.3. The molecule has 1 aromatic heterocycles. The van der Waals surface area contributed by atoms with Crippen LogP contribution in [0.15, 0.2) is 65.3 Å². The van der Waals surface area contributed by atoms with Gasteiger partial charge >= 0.3 is 12.1 Å². The summed E-state index contributed by atoms with van der Waals surface area (Å²) in [5.41, 5.74) is 3.14. The third-order valence-corrected chi connectivity index (χ3v) is 6.08.